The Bertz CT molecular complexity index is 1370. The summed E-state index contributed by atoms with van der Waals surface area (Å²) in [5.41, 5.74) is 4.79. The molecule has 1 atom stereocenters. The number of fused-ring (bicyclic) bond motifs is 2. The minimum absolute atomic E-state index is 0.321. The van der Waals surface area contributed by atoms with Crippen LogP contribution in [0.1, 0.15) is 33.2 Å². The van der Waals surface area contributed by atoms with E-state index in [-0.39, 0.29) is 0 Å². The Morgan fingerprint density at radius 3 is 2.38 bits per heavy atom. The maximum atomic E-state index is 12.9. The van der Waals surface area contributed by atoms with Crippen LogP contribution in [0, 0.1) is 6.92 Å². The fourth-order valence-electron chi connectivity index (χ4n) is 3.92. The number of imide groups is 1. The molecule has 1 unspecified atom stereocenters. The molecule has 0 saturated carbocycles. The van der Waals surface area contributed by atoms with E-state index in [2.05, 4.69) is 10.3 Å². The average Bonchev–Trinajstić information content (AvgIpc) is 3.32. The second kappa shape index (κ2) is 7.46. The first-order chi connectivity index (χ1) is 15.4. The maximum absolute atomic E-state index is 12.9. The summed E-state index contributed by atoms with van der Waals surface area (Å²) in [5, 5.41) is 2.82. The number of benzene rings is 2. The van der Waals surface area contributed by atoms with Crippen molar-refractivity contribution in [2.24, 2.45) is 0 Å². The molecule has 2 aromatic carbocycles. The van der Waals surface area contributed by atoms with Crippen molar-refractivity contribution >= 4 is 29.1 Å². The van der Waals surface area contributed by atoms with E-state index in [0.29, 0.717) is 16.8 Å². The lowest BCUT2D eigenvalue weighted by atomic mass is 10.1. The molecule has 0 aliphatic carbocycles. The molecule has 2 aromatic heterocycles. The van der Waals surface area contributed by atoms with Crippen molar-refractivity contribution in [2.45, 2.75) is 19.9 Å². The van der Waals surface area contributed by atoms with Crippen LogP contribution in [0.15, 0.2) is 73.1 Å². The highest BCUT2D eigenvalue weighted by molar-refractivity contribution is 6.23. The molecule has 4 aromatic rings. The number of rotatable bonds is 4. The van der Waals surface area contributed by atoms with Crippen molar-refractivity contribution in [3.05, 3.63) is 89.7 Å². The zero-order valence-electron chi connectivity index (χ0n) is 17.6. The van der Waals surface area contributed by atoms with Crippen LogP contribution in [0.4, 0.5) is 5.69 Å². The minimum atomic E-state index is -0.954. The first kappa shape index (κ1) is 19.7. The zero-order chi connectivity index (χ0) is 22.4. The highest BCUT2D eigenvalue weighted by Gasteiger charge is 2.40. The summed E-state index contributed by atoms with van der Waals surface area (Å²) in [6.07, 6.45) is 3.94. The number of hydrogen-bond acceptors (Lipinski definition) is 4. The van der Waals surface area contributed by atoms with Crippen LogP contribution in [0.2, 0.25) is 0 Å². The number of nitrogens with one attached hydrogen (secondary N) is 1. The summed E-state index contributed by atoms with van der Waals surface area (Å²) in [6.45, 7) is 3.57. The highest BCUT2D eigenvalue weighted by atomic mass is 16.2. The molecule has 3 amide bonds. The molecule has 158 valence electrons. The van der Waals surface area contributed by atoms with Crippen LogP contribution in [-0.2, 0) is 4.79 Å². The minimum Gasteiger partial charge on any atom is -0.324 e. The van der Waals surface area contributed by atoms with Crippen LogP contribution >= 0.6 is 0 Å². The molecular weight excluding hydrogens is 404 g/mol. The molecule has 0 radical (unpaired) electrons. The predicted molar refractivity (Wildman–Crippen MR) is 120 cm³/mol. The third-order valence-electron chi connectivity index (χ3n) is 5.62. The van der Waals surface area contributed by atoms with Gasteiger partial charge in [0.1, 0.15) is 11.7 Å². The van der Waals surface area contributed by atoms with Crippen molar-refractivity contribution < 1.29 is 14.4 Å². The lowest BCUT2D eigenvalue weighted by Gasteiger charge is -2.21. The fourth-order valence-corrected chi connectivity index (χ4v) is 3.92. The topological polar surface area (TPSA) is 83.8 Å². The fraction of sp³-hybridized carbons (Fsp3) is 0.120. The van der Waals surface area contributed by atoms with Gasteiger partial charge in [0, 0.05) is 23.6 Å². The largest absolute Gasteiger partial charge is 0.324 e. The summed E-state index contributed by atoms with van der Waals surface area (Å²) < 4.78 is 1.96. The molecule has 0 bridgehead atoms. The van der Waals surface area contributed by atoms with E-state index in [9.17, 15) is 14.4 Å². The summed E-state index contributed by atoms with van der Waals surface area (Å²) >= 11 is 0. The van der Waals surface area contributed by atoms with Crippen LogP contribution in [-0.4, -0.2) is 38.0 Å². The molecule has 7 heteroatoms. The molecule has 5 rings (SSSR count). The third kappa shape index (κ3) is 3.24. The van der Waals surface area contributed by atoms with Gasteiger partial charge in [0.05, 0.1) is 16.8 Å². The summed E-state index contributed by atoms with van der Waals surface area (Å²) in [6, 6.07) is 16.9. The van der Waals surface area contributed by atoms with Gasteiger partial charge < -0.3 is 9.72 Å². The Kier molecular flexibility index (Phi) is 4.59. The molecule has 3 heterocycles. The van der Waals surface area contributed by atoms with E-state index in [0.717, 1.165) is 27.4 Å². The molecule has 0 saturated heterocycles. The Balaban J connectivity index is 1.37. The Hall–Kier alpha value is -4.26. The van der Waals surface area contributed by atoms with Gasteiger partial charge in [-0.05, 0) is 49.7 Å². The van der Waals surface area contributed by atoms with Gasteiger partial charge in [-0.2, -0.15) is 0 Å². The number of aryl methyl sites for hydroxylation is 1. The molecule has 1 aliphatic rings. The quantitative estimate of drug-likeness (QED) is 0.503. The number of hydrogen-bond donors (Lipinski definition) is 1. The number of carbonyl (C=O) groups is 3. The first-order valence-electron chi connectivity index (χ1n) is 10.3. The second-order valence-electron chi connectivity index (χ2n) is 7.87. The number of carbonyl (C=O) groups excluding carboxylic acids is 3. The molecule has 0 spiro atoms. The third-order valence-corrected chi connectivity index (χ3v) is 5.62. The van der Waals surface area contributed by atoms with Gasteiger partial charge in [-0.25, -0.2) is 4.98 Å². The average molecular weight is 424 g/mol. The lowest BCUT2D eigenvalue weighted by Crippen LogP contribution is -2.45. The second-order valence-corrected chi connectivity index (χ2v) is 7.87. The van der Waals surface area contributed by atoms with Crippen LogP contribution in [0.25, 0.3) is 16.9 Å². The zero-order valence-corrected chi connectivity index (χ0v) is 17.6. The maximum Gasteiger partial charge on any atom is 0.262 e. The monoisotopic (exact) mass is 424 g/mol. The van der Waals surface area contributed by atoms with Gasteiger partial charge in [-0.1, -0.05) is 30.3 Å². The number of amides is 3. The lowest BCUT2D eigenvalue weighted by molar-refractivity contribution is -0.119. The van der Waals surface area contributed by atoms with Crippen LogP contribution < -0.4 is 5.32 Å². The van der Waals surface area contributed by atoms with E-state index in [1.54, 1.807) is 37.3 Å². The molecular formula is C25H20N4O3. The van der Waals surface area contributed by atoms with Crippen molar-refractivity contribution in [1.82, 2.24) is 14.3 Å². The van der Waals surface area contributed by atoms with E-state index in [4.69, 9.17) is 0 Å². The smallest absolute Gasteiger partial charge is 0.262 e. The van der Waals surface area contributed by atoms with E-state index in [1.165, 1.54) is 0 Å². The van der Waals surface area contributed by atoms with Gasteiger partial charge in [0.15, 0.2) is 0 Å². The first-order valence-corrected chi connectivity index (χ1v) is 10.3. The molecule has 1 aliphatic heterocycles. The van der Waals surface area contributed by atoms with Gasteiger partial charge in [-0.3, -0.25) is 19.3 Å². The van der Waals surface area contributed by atoms with Gasteiger partial charge >= 0.3 is 0 Å². The Morgan fingerprint density at radius 2 is 1.66 bits per heavy atom. The van der Waals surface area contributed by atoms with Gasteiger partial charge in [0.2, 0.25) is 5.91 Å². The summed E-state index contributed by atoms with van der Waals surface area (Å²) in [7, 11) is 0. The van der Waals surface area contributed by atoms with E-state index >= 15 is 0 Å². The SMILES string of the molecule is Cc1ccc2nc(-c3cccc(NC(=O)C(C)N4C(=O)c5ccccc5C4=O)c3)cn2c1. The van der Waals surface area contributed by atoms with E-state index < -0.39 is 23.8 Å². The van der Waals surface area contributed by atoms with Crippen molar-refractivity contribution in [2.75, 3.05) is 5.32 Å². The Labute approximate surface area is 184 Å². The number of aromatic nitrogens is 2. The standard InChI is InChI=1S/C25H20N4O3/c1-15-10-11-22-27-21(14-28(22)13-15)17-6-5-7-18(12-17)26-23(30)16(2)29-24(31)19-8-3-4-9-20(19)25(29)32/h3-14,16H,1-2H3,(H,26,30). The molecule has 0 fully saturated rings. The van der Waals surface area contributed by atoms with E-state index in [1.807, 2.05) is 54.0 Å². The van der Waals surface area contributed by atoms with Gasteiger partial charge in [0.25, 0.3) is 11.8 Å². The number of nitrogens with zero attached hydrogens (tertiary/aromatic N) is 3. The number of pyridine rings is 1. The highest BCUT2D eigenvalue weighted by Crippen LogP contribution is 2.26. The summed E-state index contributed by atoms with van der Waals surface area (Å²) in [5.74, 6) is -1.36. The molecule has 7 nitrogen and oxygen atoms in total. The number of imidazole rings is 1. The van der Waals surface area contributed by atoms with Gasteiger partial charge in [-0.15, -0.1) is 0 Å². The summed E-state index contributed by atoms with van der Waals surface area (Å²) in [4.78, 5) is 43.9. The van der Waals surface area contributed by atoms with Crippen molar-refractivity contribution in [1.29, 1.82) is 0 Å². The Morgan fingerprint density at radius 1 is 0.938 bits per heavy atom. The van der Waals surface area contributed by atoms with Crippen LogP contribution in [0.3, 0.4) is 0 Å². The molecule has 32 heavy (non-hydrogen) atoms. The van der Waals surface area contributed by atoms with Crippen molar-refractivity contribution in [3.8, 4) is 11.3 Å². The van der Waals surface area contributed by atoms with Crippen molar-refractivity contribution in [3.63, 3.8) is 0 Å². The molecule has 1 N–H and O–H groups in total. The number of anilines is 1. The normalized spacial score (nSPS) is 14.0. The van der Waals surface area contributed by atoms with Crippen LogP contribution in [0.5, 0.6) is 0 Å². The predicted octanol–water partition coefficient (Wildman–Crippen LogP) is 3.93.